The zero-order chi connectivity index (χ0) is 16.8. The number of hydrogen-bond acceptors (Lipinski definition) is 4. The van der Waals surface area contributed by atoms with E-state index in [1.807, 2.05) is 31.2 Å². The molecule has 1 heterocycles. The van der Waals surface area contributed by atoms with Gasteiger partial charge in [0.1, 0.15) is 0 Å². The van der Waals surface area contributed by atoms with Gasteiger partial charge in [0, 0.05) is 17.6 Å². The summed E-state index contributed by atoms with van der Waals surface area (Å²) in [6.45, 7) is 5.70. The molecule has 0 unspecified atom stereocenters. The Labute approximate surface area is 135 Å². The van der Waals surface area contributed by atoms with Gasteiger partial charge < -0.3 is 10.1 Å². The van der Waals surface area contributed by atoms with Crippen LogP contribution in [0.1, 0.15) is 41.4 Å². The zero-order valence-electron chi connectivity index (χ0n) is 13.5. The van der Waals surface area contributed by atoms with E-state index in [4.69, 9.17) is 4.74 Å². The third-order valence-corrected chi connectivity index (χ3v) is 3.34. The van der Waals surface area contributed by atoms with Crippen molar-refractivity contribution in [2.75, 3.05) is 11.9 Å². The van der Waals surface area contributed by atoms with E-state index >= 15 is 0 Å². The highest BCUT2D eigenvalue weighted by Crippen LogP contribution is 2.17. The maximum Gasteiger partial charge on any atom is 0.340 e. The van der Waals surface area contributed by atoms with Crippen LogP contribution in [0.5, 0.6) is 0 Å². The van der Waals surface area contributed by atoms with Gasteiger partial charge in [0.2, 0.25) is 0 Å². The summed E-state index contributed by atoms with van der Waals surface area (Å²) in [5.41, 5.74) is 3.00. The first-order valence-electron chi connectivity index (χ1n) is 7.45. The molecule has 0 radical (unpaired) electrons. The van der Waals surface area contributed by atoms with Crippen LogP contribution >= 0.6 is 0 Å². The Morgan fingerprint density at radius 3 is 2.39 bits per heavy atom. The van der Waals surface area contributed by atoms with Crippen molar-refractivity contribution in [3.63, 3.8) is 0 Å². The number of aryl methyl sites for hydroxylation is 1. The Morgan fingerprint density at radius 1 is 1.13 bits per heavy atom. The van der Waals surface area contributed by atoms with Crippen molar-refractivity contribution in [1.82, 2.24) is 4.98 Å². The lowest BCUT2D eigenvalue weighted by Crippen LogP contribution is -2.21. The van der Waals surface area contributed by atoms with E-state index in [9.17, 15) is 9.59 Å². The van der Waals surface area contributed by atoms with E-state index in [2.05, 4.69) is 24.1 Å². The number of pyridine rings is 1. The number of hydrogen-bond donors (Lipinski definition) is 1. The molecule has 1 N–H and O–H groups in total. The summed E-state index contributed by atoms with van der Waals surface area (Å²) in [4.78, 5) is 27.6. The number of esters is 1. The van der Waals surface area contributed by atoms with Crippen molar-refractivity contribution in [2.24, 2.45) is 0 Å². The Bertz CT molecular complexity index is 676. The summed E-state index contributed by atoms with van der Waals surface area (Å²) in [7, 11) is 0. The molecule has 2 rings (SSSR count). The second-order valence-electron chi connectivity index (χ2n) is 5.59. The summed E-state index contributed by atoms with van der Waals surface area (Å²) in [5, 5.41) is 2.69. The third-order valence-electron chi connectivity index (χ3n) is 3.34. The van der Waals surface area contributed by atoms with E-state index in [0.717, 1.165) is 5.69 Å². The number of nitrogens with one attached hydrogen (secondary N) is 1. The van der Waals surface area contributed by atoms with E-state index in [0.29, 0.717) is 17.2 Å². The average Bonchev–Trinajstić information content (AvgIpc) is 2.54. The number of carbonyl (C=O) groups excluding carboxylic acids is 2. The smallest absolute Gasteiger partial charge is 0.340 e. The van der Waals surface area contributed by atoms with Gasteiger partial charge in [-0.3, -0.25) is 9.78 Å². The summed E-state index contributed by atoms with van der Waals surface area (Å²) in [5.74, 6) is -0.512. The van der Waals surface area contributed by atoms with Crippen LogP contribution in [0.25, 0.3) is 0 Å². The monoisotopic (exact) mass is 312 g/mol. The molecule has 120 valence electrons. The number of ether oxygens (including phenoxy) is 1. The quantitative estimate of drug-likeness (QED) is 0.860. The summed E-state index contributed by atoms with van der Waals surface area (Å²) < 4.78 is 4.97. The molecule has 0 spiro atoms. The van der Waals surface area contributed by atoms with Crippen LogP contribution in [0.3, 0.4) is 0 Å². The number of benzene rings is 1. The molecule has 0 saturated carbocycles. The van der Waals surface area contributed by atoms with Crippen molar-refractivity contribution in [1.29, 1.82) is 0 Å². The number of carbonyl (C=O) groups is 2. The first-order chi connectivity index (χ1) is 11.0. The molecule has 23 heavy (non-hydrogen) atoms. The van der Waals surface area contributed by atoms with Crippen molar-refractivity contribution in [3.05, 3.63) is 59.4 Å². The highest BCUT2D eigenvalue weighted by molar-refractivity contribution is 5.95. The molecule has 0 aliphatic carbocycles. The van der Waals surface area contributed by atoms with Crippen LogP contribution in [0.15, 0.2) is 42.6 Å². The van der Waals surface area contributed by atoms with Crippen LogP contribution in [-0.2, 0) is 9.53 Å². The van der Waals surface area contributed by atoms with Crippen LogP contribution in [0, 0.1) is 6.92 Å². The molecule has 0 bridgehead atoms. The number of nitrogens with zero attached hydrogens (tertiary/aromatic N) is 1. The summed E-state index contributed by atoms with van der Waals surface area (Å²) in [6.07, 6.45) is 1.43. The fourth-order valence-corrected chi connectivity index (χ4v) is 1.95. The molecule has 0 fully saturated rings. The number of amides is 1. The minimum absolute atomic E-state index is 0.324. The highest BCUT2D eigenvalue weighted by Gasteiger charge is 2.10. The van der Waals surface area contributed by atoms with Crippen molar-refractivity contribution >= 4 is 17.6 Å². The predicted molar refractivity (Wildman–Crippen MR) is 88.4 cm³/mol. The molecule has 1 aromatic carbocycles. The Morgan fingerprint density at radius 2 is 1.83 bits per heavy atom. The van der Waals surface area contributed by atoms with Gasteiger partial charge in [-0.05, 0) is 42.7 Å². The first-order valence-corrected chi connectivity index (χ1v) is 7.45. The van der Waals surface area contributed by atoms with E-state index < -0.39 is 5.97 Å². The number of anilines is 1. The molecule has 0 atom stereocenters. The number of aromatic nitrogens is 1. The van der Waals surface area contributed by atoms with Gasteiger partial charge in [0.05, 0.1) is 5.56 Å². The fraction of sp³-hybridized carbons (Fsp3) is 0.278. The molecule has 0 saturated heterocycles. The Kier molecular flexibility index (Phi) is 5.46. The Balaban J connectivity index is 1.85. The normalized spacial score (nSPS) is 10.4. The van der Waals surface area contributed by atoms with Gasteiger partial charge in [-0.2, -0.15) is 0 Å². The lowest BCUT2D eigenvalue weighted by atomic mass is 10.0. The van der Waals surface area contributed by atoms with Crippen LogP contribution in [-0.4, -0.2) is 23.5 Å². The fourth-order valence-electron chi connectivity index (χ4n) is 1.95. The lowest BCUT2D eigenvalue weighted by molar-refractivity contribution is -0.119. The average molecular weight is 312 g/mol. The molecule has 5 nitrogen and oxygen atoms in total. The Hall–Kier alpha value is -2.69. The first kappa shape index (κ1) is 16.7. The van der Waals surface area contributed by atoms with E-state index in [1.165, 1.54) is 11.8 Å². The van der Waals surface area contributed by atoms with Gasteiger partial charge in [0.25, 0.3) is 5.91 Å². The highest BCUT2D eigenvalue weighted by atomic mass is 16.5. The molecule has 1 amide bonds. The van der Waals surface area contributed by atoms with Gasteiger partial charge in [-0.15, -0.1) is 0 Å². The van der Waals surface area contributed by atoms with Crippen LogP contribution in [0.4, 0.5) is 5.69 Å². The van der Waals surface area contributed by atoms with Crippen molar-refractivity contribution in [3.8, 4) is 0 Å². The molecule has 0 aliphatic heterocycles. The van der Waals surface area contributed by atoms with E-state index in [1.54, 1.807) is 12.1 Å². The minimum Gasteiger partial charge on any atom is -0.452 e. The molecule has 0 aliphatic rings. The second-order valence-corrected chi connectivity index (χ2v) is 5.59. The third kappa shape index (κ3) is 4.92. The van der Waals surface area contributed by atoms with Gasteiger partial charge >= 0.3 is 5.97 Å². The van der Waals surface area contributed by atoms with Gasteiger partial charge in [0.15, 0.2) is 6.61 Å². The maximum absolute atomic E-state index is 11.8. The van der Waals surface area contributed by atoms with Crippen molar-refractivity contribution < 1.29 is 14.3 Å². The van der Waals surface area contributed by atoms with Gasteiger partial charge in [-0.25, -0.2) is 4.79 Å². The minimum atomic E-state index is -0.567. The second kappa shape index (κ2) is 7.54. The molecule has 5 heteroatoms. The summed E-state index contributed by atoms with van der Waals surface area (Å²) >= 11 is 0. The van der Waals surface area contributed by atoms with Crippen molar-refractivity contribution in [2.45, 2.75) is 26.7 Å². The lowest BCUT2D eigenvalue weighted by Gasteiger charge is -2.09. The zero-order valence-corrected chi connectivity index (χ0v) is 13.5. The molecule has 2 aromatic rings. The topological polar surface area (TPSA) is 68.3 Å². The summed E-state index contributed by atoms with van der Waals surface area (Å²) in [6, 6.07) is 10.9. The standard InChI is InChI=1S/C18H20N2O3/c1-12(2)14-6-8-16(9-7-14)20-17(21)11-23-18(22)15-5-4-13(3)19-10-15/h4-10,12H,11H2,1-3H3,(H,20,21). The van der Waals surface area contributed by atoms with Gasteiger partial charge in [-0.1, -0.05) is 26.0 Å². The number of rotatable bonds is 5. The van der Waals surface area contributed by atoms with Crippen LogP contribution in [0.2, 0.25) is 0 Å². The predicted octanol–water partition coefficient (Wildman–Crippen LogP) is 3.31. The molecular weight excluding hydrogens is 292 g/mol. The molecular formula is C18H20N2O3. The van der Waals surface area contributed by atoms with E-state index in [-0.39, 0.29) is 12.5 Å². The largest absolute Gasteiger partial charge is 0.452 e. The van der Waals surface area contributed by atoms with Crippen LogP contribution < -0.4 is 5.32 Å². The SMILES string of the molecule is Cc1ccc(C(=O)OCC(=O)Nc2ccc(C(C)C)cc2)cn1. The molecule has 1 aromatic heterocycles. The maximum atomic E-state index is 11.8.